The lowest BCUT2D eigenvalue weighted by molar-refractivity contribution is 0.0939. The third kappa shape index (κ3) is 4.37. The molecular formula is C22H25N3O2. The van der Waals surface area contributed by atoms with Crippen LogP contribution in [0.25, 0.3) is 0 Å². The first-order valence-electron chi connectivity index (χ1n) is 9.01. The Balaban J connectivity index is 1.67. The highest BCUT2D eigenvalue weighted by molar-refractivity contribution is 5.94. The van der Waals surface area contributed by atoms with Crippen LogP contribution in [0, 0.1) is 13.8 Å². The van der Waals surface area contributed by atoms with Crippen LogP contribution in [-0.2, 0) is 6.54 Å². The summed E-state index contributed by atoms with van der Waals surface area (Å²) in [6.07, 6.45) is 0. The van der Waals surface area contributed by atoms with Gasteiger partial charge in [0.05, 0.1) is 25.4 Å². The zero-order chi connectivity index (χ0) is 19.4. The number of benzene rings is 2. The van der Waals surface area contributed by atoms with Crippen LogP contribution in [-0.4, -0.2) is 22.8 Å². The second kappa shape index (κ2) is 8.08. The summed E-state index contributed by atoms with van der Waals surface area (Å²) < 4.78 is 7.34. The van der Waals surface area contributed by atoms with Crippen LogP contribution in [0.5, 0.6) is 5.75 Å². The molecule has 1 heterocycles. The molecular weight excluding hydrogens is 338 g/mol. The van der Waals surface area contributed by atoms with Crippen LogP contribution in [0.15, 0.2) is 54.6 Å². The van der Waals surface area contributed by atoms with Gasteiger partial charge in [0.25, 0.3) is 5.91 Å². The van der Waals surface area contributed by atoms with E-state index < -0.39 is 0 Å². The lowest BCUT2D eigenvalue weighted by Crippen LogP contribution is -2.26. The van der Waals surface area contributed by atoms with Crippen LogP contribution in [0.3, 0.4) is 0 Å². The molecule has 0 aliphatic carbocycles. The standard InChI is InChI=1S/C22H25N3O2/c1-15-13-16(2)25(24-15)14-18-9-11-19(12-10-18)22(26)23-17(3)20-7-5-6-8-21(20)27-4/h5-13,17H,14H2,1-4H3,(H,23,26). The number of rotatable bonds is 6. The summed E-state index contributed by atoms with van der Waals surface area (Å²) in [5.74, 6) is 0.664. The number of aromatic nitrogens is 2. The van der Waals surface area contributed by atoms with Crippen LogP contribution in [0.4, 0.5) is 0 Å². The Kier molecular flexibility index (Phi) is 5.60. The van der Waals surface area contributed by atoms with Gasteiger partial charge in [-0.3, -0.25) is 9.48 Å². The van der Waals surface area contributed by atoms with Crippen molar-refractivity contribution in [3.8, 4) is 5.75 Å². The minimum absolute atomic E-state index is 0.105. The van der Waals surface area contributed by atoms with Gasteiger partial charge in [-0.15, -0.1) is 0 Å². The van der Waals surface area contributed by atoms with Crippen LogP contribution < -0.4 is 10.1 Å². The summed E-state index contributed by atoms with van der Waals surface area (Å²) in [5.41, 5.74) is 4.83. The van der Waals surface area contributed by atoms with Gasteiger partial charge >= 0.3 is 0 Å². The highest BCUT2D eigenvalue weighted by Crippen LogP contribution is 2.24. The van der Waals surface area contributed by atoms with Crippen molar-refractivity contribution in [1.82, 2.24) is 15.1 Å². The Hall–Kier alpha value is -3.08. The molecule has 27 heavy (non-hydrogen) atoms. The molecule has 0 aliphatic rings. The van der Waals surface area contributed by atoms with Crippen LogP contribution in [0.1, 0.15) is 45.8 Å². The van der Waals surface area contributed by atoms with Gasteiger partial charge in [0, 0.05) is 16.8 Å². The van der Waals surface area contributed by atoms with E-state index in [9.17, 15) is 4.79 Å². The maximum atomic E-state index is 12.6. The second-order valence-electron chi connectivity index (χ2n) is 6.72. The highest BCUT2D eigenvalue weighted by Gasteiger charge is 2.15. The summed E-state index contributed by atoms with van der Waals surface area (Å²) in [6, 6.07) is 17.3. The monoisotopic (exact) mass is 363 g/mol. The Labute approximate surface area is 160 Å². The van der Waals surface area contributed by atoms with Crippen molar-refractivity contribution < 1.29 is 9.53 Å². The lowest BCUT2D eigenvalue weighted by Gasteiger charge is -2.17. The van der Waals surface area contributed by atoms with Gasteiger partial charge in [-0.05, 0) is 50.6 Å². The molecule has 0 radical (unpaired) electrons. The van der Waals surface area contributed by atoms with E-state index >= 15 is 0 Å². The van der Waals surface area contributed by atoms with Gasteiger partial charge in [0.15, 0.2) is 0 Å². The number of nitrogens with zero attached hydrogens (tertiary/aromatic N) is 2. The smallest absolute Gasteiger partial charge is 0.251 e. The summed E-state index contributed by atoms with van der Waals surface area (Å²) in [7, 11) is 1.63. The van der Waals surface area contributed by atoms with Crippen molar-refractivity contribution in [3.05, 3.63) is 82.7 Å². The number of methoxy groups -OCH3 is 1. The maximum absolute atomic E-state index is 12.6. The summed E-state index contributed by atoms with van der Waals surface area (Å²) >= 11 is 0. The van der Waals surface area contributed by atoms with E-state index in [4.69, 9.17) is 4.74 Å². The normalized spacial score (nSPS) is 11.9. The number of nitrogens with one attached hydrogen (secondary N) is 1. The second-order valence-corrected chi connectivity index (χ2v) is 6.72. The molecule has 1 N–H and O–H groups in total. The van der Waals surface area contributed by atoms with Crippen molar-refractivity contribution in [2.24, 2.45) is 0 Å². The van der Waals surface area contributed by atoms with E-state index in [-0.39, 0.29) is 11.9 Å². The molecule has 2 aromatic carbocycles. The first kappa shape index (κ1) is 18.7. The van der Waals surface area contributed by atoms with Crippen molar-refractivity contribution in [3.63, 3.8) is 0 Å². The van der Waals surface area contributed by atoms with Crippen molar-refractivity contribution in [2.75, 3.05) is 7.11 Å². The Morgan fingerprint density at radius 3 is 2.48 bits per heavy atom. The third-order valence-corrected chi connectivity index (χ3v) is 4.60. The van der Waals surface area contributed by atoms with E-state index in [1.807, 2.05) is 74.0 Å². The Bertz CT molecular complexity index is 929. The number of ether oxygens (including phenoxy) is 1. The summed E-state index contributed by atoms with van der Waals surface area (Å²) in [5, 5.41) is 7.51. The van der Waals surface area contributed by atoms with Gasteiger partial charge < -0.3 is 10.1 Å². The molecule has 0 spiro atoms. The number of para-hydroxylation sites is 1. The third-order valence-electron chi connectivity index (χ3n) is 4.60. The Morgan fingerprint density at radius 2 is 1.85 bits per heavy atom. The number of carbonyl (C=O) groups excluding carboxylic acids is 1. The average molecular weight is 363 g/mol. The van der Waals surface area contributed by atoms with Gasteiger partial charge in [-0.2, -0.15) is 5.10 Å². The lowest BCUT2D eigenvalue weighted by atomic mass is 10.1. The van der Waals surface area contributed by atoms with Crippen LogP contribution in [0.2, 0.25) is 0 Å². The fraction of sp³-hybridized carbons (Fsp3) is 0.273. The van der Waals surface area contributed by atoms with Crippen molar-refractivity contribution >= 4 is 5.91 Å². The van der Waals surface area contributed by atoms with Crippen LogP contribution >= 0.6 is 0 Å². The molecule has 3 aromatic rings. The zero-order valence-corrected chi connectivity index (χ0v) is 16.2. The molecule has 1 unspecified atom stereocenters. The quantitative estimate of drug-likeness (QED) is 0.719. The maximum Gasteiger partial charge on any atom is 0.251 e. The molecule has 3 rings (SSSR count). The average Bonchev–Trinajstić information content (AvgIpc) is 2.99. The number of amides is 1. The van der Waals surface area contributed by atoms with E-state index in [2.05, 4.69) is 16.5 Å². The van der Waals surface area contributed by atoms with Crippen molar-refractivity contribution in [2.45, 2.75) is 33.4 Å². The molecule has 1 amide bonds. The number of carbonyl (C=O) groups is 1. The summed E-state index contributed by atoms with van der Waals surface area (Å²) in [4.78, 5) is 12.6. The van der Waals surface area contributed by atoms with Crippen molar-refractivity contribution in [1.29, 1.82) is 0 Å². The SMILES string of the molecule is COc1ccccc1C(C)NC(=O)c1ccc(Cn2nc(C)cc2C)cc1. The molecule has 0 aliphatic heterocycles. The molecule has 0 saturated heterocycles. The zero-order valence-electron chi connectivity index (χ0n) is 16.2. The van der Waals surface area contributed by atoms with Gasteiger partial charge in [0.2, 0.25) is 0 Å². The first-order valence-corrected chi connectivity index (χ1v) is 9.01. The number of aryl methyl sites for hydroxylation is 2. The fourth-order valence-corrected chi connectivity index (χ4v) is 3.15. The molecule has 1 atom stereocenters. The largest absolute Gasteiger partial charge is 0.496 e. The molecule has 0 fully saturated rings. The van der Waals surface area contributed by atoms with E-state index in [0.717, 1.165) is 28.3 Å². The highest BCUT2D eigenvalue weighted by atomic mass is 16.5. The predicted octanol–water partition coefficient (Wildman–Crippen LogP) is 4.05. The van der Waals surface area contributed by atoms with E-state index in [0.29, 0.717) is 12.1 Å². The van der Waals surface area contributed by atoms with E-state index in [1.165, 1.54) is 0 Å². The molecule has 5 nitrogen and oxygen atoms in total. The van der Waals surface area contributed by atoms with Gasteiger partial charge in [-0.25, -0.2) is 0 Å². The molecule has 5 heteroatoms. The molecule has 0 bridgehead atoms. The van der Waals surface area contributed by atoms with Gasteiger partial charge in [-0.1, -0.05) is 30.3 Å². The van der Waals surface area contributed by atoms with Gasteiger partial charge in [0.1, 0.15) is 5.75 Å². The van der Waals surface area contributed by atoms with E-state index in [1.54, 1.807) is 7.11 Å². The number of hydrogen-bond acceptors (Lipinski definition) is 3. The minimum atomic E-state index is -0.150. The topological polar surface area (TPSA) is 56.1 Å². The Morgan fingerprint density at radius 1 is 1.15 bits per heavy atom. The summed E-state index contributed by atoms with van der Waals surface area (Å²) in [6.45, 7) is 6.67. The predicted molar refractivity (Wildman–Crippen MR) is 106 cm³/mol. The molecule has 0 saturated carbocycles. The minimum Gasteiger partial charge on any atom is -0.496 e. The molecule has 1 aromatic heterocycles. The number of hydrogen-bond donors (Lipinski definition) is 1. The first-order chi connectivity index (χ1) is 13.0. The fourth-order valence-electron chi connectivity index (χ4n) is 3.15. The molecule has 140 valence electrons.